The van der Waals surface area contributed by atoms with Gasteiger partial charge in [0.15, 0.2) is 0 Å². The van der Waals surface area contributed by atoms with Crippen molar-refractivity contribution in [2.45, 2.75) is 51.1 Å². The number of carbonyl (C=O) groups is 2. The molecule has 0 bridgehead atoms. The number of aromatic nitrogens is 3. The molecular formula is C22H24BrN5O2. The van der Waals surface area contributed by atoms with E-state index in [2.05, 4.69) is 41.5 Å². The fourth-order valence-corrected chi connectivity index (χ4v) is 4.44. The number of hydrogen-bond acceptors (Lipinski definition) is 4. The highest BCUT2D eigenvalue weighted by atomic mass is 79.9. The van der Waals surface area contributed by atoms with Crippen LogP contribution in [0.1, 0.15) is 59.0 Å². The van der Waals surface area contributed by atoms with Gasteiger partial charge in [-0.2, -0.15) is 0 Å². The summed E-state index contributed by atoms with van der Waals surface area (Å²) in [5.74, 6) is -0.331. The third-order valence-corrected chi connectivity index (χ3v) is 6.22. The number of aromatic amines is 1. The van der Waals surface area contributed by atoms with Crippen LogP contribution in [0.4, 0.5) is 0 Å². The molecule has 8 heteroatoms. The van der Waals surface area contributed by atoms with Crippen LogP contribution in [0.25, 0.3) is 10.9 Å². The van der Waals surface area contributed by atoms with Crippen LogP contribution in [0, 0.1) is 0 Å². The van der Waals surface area contributed by atoms with Crippen LogP contribution >= 0.6 is 15.9 Å². The molecule has 0 aliphatic heterocycles. The Morgan fingerprint density at radius 3 is 2.57 bits per heavy atom. The van der Waals surface area contributed by atoms with Crippen LogP contribution in [0.5, 0.6) is 0 Å². The molecule has 156 valence electrons. The van der Waals surface area contributed by atoms with E-state index in [9.17, 15) is 9.59 Å². The third-order valence-electron chi connectivity index (χ3n) is 5.64. The maximum atomic E-state index is 12.9. The molecule has 0 unspecified atom stereocenters. The summed E-state index contributed by atoms with van der Waals surface area (Å²) in [6.45, 7) is 2.02. The fourth-order valence-electron chi connectivity index (χ4n) is 4.00. The number of hydrogen-bond donors (Lipinski definition) is 3. The molecule has 0 saturated heterocycles. The molecule has 4 rings (SSSR count). The van der Waals surface area contributed by atoms with Gasteiger partial charge >= 0.3 is 0 Å². The second-order valence-electron chi connectivity index (χ2n) is 7.58. The van der Waals surface area contributed by atoms with Gasteiger partial charge in [0, 0.05) is 42.3 Å². The molecule has 2 amide bonds. The number of nitrogens with one attached hydrogen (secondary N) is 3. The largest absolute Gasteiger partial charge is 0.367 e. The summed E-state index contributed by atoms with van der Waals surface area (Å²) in [5.41, 5.74) is 2.71. The van der Waals surface area contributed by atoms with Crippen LogP contribution in [-0.2, 0) is 6.42 Å². The summed E-state index contributed by atoms with van der Waals surface area (Å²) >= 11 is 3.44. The van der Waals surface area contributed by atoms with Crippen molar-refractivity contribution in [3.05, 3.63) is 58.2 Å². The molecule has 2 atom stereocenters. The minimum atomic E-state index is -0.234. The predicted molar refractivity (Wildman–Crippen MR) is 118 cm³/mol. The van der Waals surface area contributed by atoms with Gasteiger partial charge in [0.1, 0.15) is 5.69 Å². The van der Waals surface area contributed by atoms with E-state index in [-0.39, 0.29) is 23.9 Å². The Labute approximate surface area is 183 Å². The molecule has 3 aromatic heterocycles. The lowest BCUT2D eigenvalue weighted by atomic mass is 9.89. The lowest BCUT2D eigenvalue weighted by Crippen LogP contribution is -2.53. The second kappa shape index (κ2) is 8.95. The van der Waals surface area contributed by atoms with Crippen molar-refractivity contribution in [3.8, 4) is 0 Å². The molecule has 3 heterocycles. The Balaban J connectivity index is 1.48. The fraction of sp³-hybridized carbons (Fsp3) is 0.364. The molecule has 0 aromatic carbocycles. The van der Waals surface area contributed by atoms with Crippen LogP contribution in [0.15, 0.2) is 41.4 Å². The third kappa shape index (κ3) is 4.23. The highest BCUT2D eigenvalue weighted by Gasteiger charge is 2.29. The van der Waals surface area contributed by atoms with Crippen LogP contribution < -0.4 is 10.6 Å². The Kier molecular flexibility index (Phi) is 6.13. The summed E-state index contributed by atoms with van der Waals surface area (Å²) in [5, 5.41) is 7.09. The molecule has 0 radical (unpaired) electrons. The van der Waals surface area contributed by atoms with Gasteiger partial charge in [-0.25, -0.2) is 4.98 Å². The maximum absolute atomic E-state index is 12.9. The first-order valence-electron chi connectivity index (χ1n) is 10.2. The Morgan fingerprint density at radius 2 is 1.83 bits per heavy atom. The first kappa shape index (κ1) is 20.5. The number of rotatable bonds is 5. The number of halogens is 1. The summed E-state index contributed by atoms with van der Waals surface area (Å²) in [7, 11) is 0. The molecule has 1 saturated carbocycles. The van der Waals surface area contributed by atoms with E-state index in [1.165, 1.54) is 0 Å². The molecule has 7 nitrogen and oxygen atoms in total. The molecular weight excluding hydrogens is 446 g/mol. The van der Waals surface area contributed by atoms with E-state index in [0.717, 1.165) is 47.5 Å². The Bertz CT molecular complexity index is 1080. The smallest absolute Gasteiger partial charge is 0.270 e. The molecule has 1 fully saturated rings. The SMILES string of the molecule is CCc1c[nH]cc1C(=O)N[C@@H]1CCCC[C@H]1NC(=O)c1ccc2cncc(Br)c2n1. The minimum absolute atomic E-state index is 0.0977. The summed E-state index contributed by atoms with van der Waals surface area (Å²) in [6.07, 6.45) is 11.5. The van der Waals surface area contributed by atoms with E-state index in [0.29, 0.717) is 16.8 Å². The minimum Gasteiger partial charge on any atom is -0.367 e. The quantitative estimate of drug-likeness (QED) is 0.529. The topological polar surface area (TPSA) is 99.8 Å². The number of amides is 2. The summed E-state index contributed by atoms with van der Waals surface area (Å²) in [6, 6.07) is 3.31. The molecule has 30 heavy (non-hydrogen) atoms. The van der Waals surface area contributed by atoms with Crippen molar-refractivity contribution in [1.82, 2.24) is 25.6 Å². The molecule has 3 N–H and O–H groups in total. The monoisotopic (exact) mass is 469 g/mol. The van der Waals surface area contributed by atoms with Crippen molar-refractivity contribution in [2.24, 2.45) is 0 Å². The van der Waals surface area contributed by atoms with Gasteiger partial charge in [0.05, 0.1) is 15.6 Å². The maximum Gasteiger partial charge on any atom is 0.270 e. The van der Waals surface area contributed by atoms with E-state index >= 15 is 0 Å². The van der Waals surface area contributed by atoms with Crippen molar-refractivity contribution in [3.63, 3.8) is 0 Å². The second-order valence-corrected chi connectivity index (χ2v) is 8.44. The number of aryl methyl sites for hydroxylation is 1. The van der Waals surface area contributed by atoms with E-state index in [1.807, 2.05) is 19.2 Å². The van der Waals surface area contributed by atoms with E-state index in [1.54, 1.807) is 24.7 Å². The van der Waals surface area contributed by atoms with Crippen molar-refractivity contribution in [2.75, 3.05) is 0 Å². The van der Waals surface area contributed by atoms with Gasteiger partial charge in [-0.05, 0) is 52.9 Å². The first-order chi connectivity index (χ1) is 14.6. The van der Waals surface area contributed by atoms with E-state index < -0.39 is 0 Å². The Morgan fingerprint density at radius 1 is 1.10 bits per heavy atom. The van der Waals surface area contributed by atoms with Crippen molar-refractivity contribution >= 4 is 38.6 Å². The molecule has 1 aliphatic carbocycles. The average molecular weight is 470 g/mol. The standard InChI is InChI=1S/C22H24BrN5O2/c1-2-13-9-24-11-15(13)21(29)27-17-5-3-4-6-18(17)28-22(30)19-8-7-14-10-25-12-16(23)20(14)26-19/h7-12,17-18,24H,2-6H2,1H3,(H,27,29)(H,28,30)/t17-,18-/m1/s1. The Hall–Kier alpha value is -2.74. The van der Waals surface area contributed by atoms with Crippen LogP contribution in [0.2, 0.25) is 0 Å². The van der Waals surface area contributed by atoms with Crippen LogP contribution in [0.3, 0.4) is 0 Å². The number of carbonyl (C=O) groups excluding carboxylic acids is 2. The number of nitrogens with zero attached hydrogens (tertiary/aromatic N) is 2. The predicted octanol–water partition coefficient (Wildman–Crippen LogP) is 3.75. The summed E-state index contributed by atoms with van der Waals surface area (Å²) in [4.78, 5) is 37.3. The van der Waals surface area contributed by atoms with Gasteiger partial charge in [0.25, 0.3) is 11.8 Å². The number of fused-ring (bicyclic) bond motifs is 1. The normalized spacial score (nSPS) is 18.9. The highest BCUT2D eigenvalue weighted by Crippen LogP contribution is 2.22. The van der Waals surface area contributed by atoms with Gasteiger partial charge in [-0.1, -0.05) is 19.8 Å². The van der Waals surface area contributed by atoms with Gasteiger partial charge in [-0.3, -0.25) is 14.6 Å². The van der Waals surface area contributed by atoms with Gasteiger partial charge < -0.3 is 15.6 Å². The number of pyridine rings is 2. The van der Waals surface area contributed by atoms with Crippen LogP contribution in [-0.4, -0.2) is 38.8 Å². The lowest BCUT2D eigenvalue weighted by molar-refractivity contribution is 0.0860. The van der Waals surface area contributed by atoms with Crippen molar-refractivity contribution < 1.29 is 9.59 Å². The number of H-pyrrole nitrogens is 1. The summed E-state index contributed by atoms with van der Waals surface area (Å²) < 4.78 is 0.746. The molecule has 1 aliphatic rings. The van der Waals surface area contributed by atoms with Gasteiger partial charge in [-0.15, -0.1) is 0 Å². The zero-order valence-electron chi connectivity index (χ0n) is 16.7. The zero-order valence-corrected chi connectivity index (χ0v) is 18.3. The molecule has 0 spiro atoms. The molecule has 3 aromatic rings. The van der Waals surface area contributed by atoms with Gasteiger partial charge in [0.2, 0.25) is 0 Å². The van der Waals surface area contributed by atoms with Crippen molar-refractivity contribution in [1.29, 1.82) is 0 Å². The highest BCUT2D eigenvalue weighted by molar-refractivity contribution is 9.10. The lowest BCUT2D eigenvalue weighted by Gasteiger charge is -2.32. The van der Waals surface area contributed by atoms with E-state index in [4.69, 9.17) is 0 Å². The zero-order chi connectivity index (χ0) is 21.1. The average Bonchev–Trinajstić information content (AvgIpc) is 3.24. The first-order valence-corrected chi connectivity index (χ1v) is 11.0.